The first-order valence-electron chi connectivity index (χ1n) is 7.59. The topological polar surface area (TPSA) is 39.7 Å². The monoisotopic (exact) mass is 359 g/mol. The van der Waals surface area contributed by atoms with Crippen LogP contribution in [0.4, 0.5) is 0 Å². The largest absolute Gasteiger partial charge is 0.490 e. The minimum atomic E-state index is 0.616. The summed E-state index contributed by atoms with van der Waals surface area (Å²) in [7, 11) is 0. The van der Waals surface area contributed by atoms with Crippen LogP contribution < -0.4 is 14.8 Å². The van der Waals surface area contributed by atoms with Crippen LogP contribution in [-0.4, -0.2) is 33.0 Å². The van der Waals surface area contributed by atoms with Gasteiger partial charge in [0.1, 0.15) is 0 Å². The molecule has 0 aliphatic heterocycles. The lowest BCUT2D eigenvalue weighted by molar-refractivity contribution is 0.130. The normalized spacial score (nSPS) is 10.7. The Kier molecular flexibility index (Phi) is 9.46. The molecular formula is C16H26BrNO3. The zero-order valence-corrected chi connectivity index (χ0v) is 14.8. The molecule has 1 N–H and O–H groups in total. The summed E-state index contributed by atoms with van der Waals surface area (Å²) in [6, 6.07) is 4.11. The van der Waals surface area contributed by atoms with Gasteiger partial charge in [-0.15, -0.1) is 0 Å². The summed E-state index contributed by atoms with van der Waals surface area (Å²) in [5, 5.41) is 3.31. The van der Waals surface area contributed by atoms with Gasteiger partial charge in [-0.25, -0.2) is 0 Å². The maximum Gasteiger partial charge on any atom is 0.175 e. The van der Waals surface area contributed by atoms with Crippen LogP contribution in [0.5, 0.6) is 11.5 Å². The number of benzene rings is 1. The molecule has 0 aliphatic carbocycles. The van der Waals surface area contributed by atoms with E-state index in [2.05, 4.69) is 34.2 Å². The number of hydrogen-bond acceptors (Lipinski definition) is 4. The maximum atomic E-state index is 5.85. The van der Waals surface area contributed by atoms with Crippen LogP contribution in [0.15, 0.2) is 16.6 Å². The summed E-state index contributed by atoms with van der Waals surface area (Å²) in [4.78, 5) is 0. The predicted octanol–water partition coefficient (Wildman–Crippen LogP) is 3.76. The minimum Gasteiger partial charge on any atom is -0.490 e. The molecule has 1 aromatic rings. The lowest BCUT2D eigenvalue weighted by atomic mass is 10.2. The second-order valence-electron chi connectivity index (χ2n) is 4.52. The van der Waals surface area contributed by atoms with Gasteiger partial charge in [-0.1, -0.05) is 6.92 Å². The van der Waals surface area contributed by atoms with Gasteiger partial charge in [0.15, 0.2) is 11.5 Å². The van der Waals surface area contributed by atoms with E-state index >= 15 is 0 Å². The van der Waals surface area contributed by atoms with E-state index < -0.39 is 0 Å². The van der Waals surface area contributed by atoms with Crippen molar-refractivity contribution >= 4 is 15.9 Å². The number of rotatable bonds is 11. The highest BCUT2D eigenvalue weighted by atomic mass is 79.9. The first kappa shape index (κ1) is 18.3. The Bertz CT molecular complexity index is 413. The Morgan fingerprint density at radius 1 is 1.05 bits per heavy atom. The van der Waals surface area contributed by atoms with Crippen molar-refractivity contribution in [2.75, 3.05) is 33.0 Å². The highest BCUT2D eigenvalue weighted by Crippen LogP contribution is 2.37. The van der Waals surface area contributed by atoms with E-state index in [1.54, 1.807) is 0 Å². The molecule has 0 aliphatic rings. The third-order valence-electron chi connectivity index (χ3n) is 2.83. The average molecular weight is 360 g/mol. The molecule has 4 nitrogen and oxygen atoms in total. The lowest BCUT2D eigenvalue weighted by Gasteiger charge is -2.15. The van der Waals surface area contributed by atoms with Crippen LogP contribution in [0.3, 0.4) is 0 Å². The minimum absolute atomic E-state index is 0.616. The molecule has 5 heteroatoms. The molecule has 0 saturated carbocycles. The fraction of sp³-hybridized carbons (Fsp3) is 0.625. The first-order valence-corrected chi connectivity index (χ1v) is 8.38. The fourth-order valence-corrected chi connectivity index (χ4v) is 2.48. The average Bonchev–Trinajstić information content (AvgIpc) is 2.47. The summed E-state index contributed by atoms with van der Waals surface area (Å²) in [5.41, 5.74) is 1.17. The Morgan fingerprint density at radius 2 is 1.86 bits per heavy atom. The van der Waals surface area contributed by atoms with Crippen molar-refractivity contribution in [1.82, 2.24) is 5.32 Å². The molecule has 0 saturated heterocycles. The number of nitrogens with one attached hydrogen (secondary N) is 1. The molecule has 21 heavy (non-hydrogen) atoms. The van der Waals surface area contributed by atoms with Crippen LogP contribution in [0, 0.1) is 0 Å². The number of ether oxygens (including phenoxy) is 3. The van der Waals surface area contributed by atoms with E-state index in [4.69, 9.17) is 14.2 Å². The van der Waals surface area contributed by atoms with Crippen molar-refractivity contribution in [3.8, 4) is 11.5 Å². The zero-order valence-electron chi connectivity index (χ0n) is 13.2. The molecule has 0 amide bonds. The summed E-state index contributed by atoms with van der Waals surface area (Å²) in [6.45, 7) is 10.5. The van der Waals surface area contributed by atoms with Crippen molar-refractivity contribution in [3.63, 3.8) is 0 Å². The highest BCUT2D eigenvalue weighted by Gasteiger charge is 2.12. The Balaban J connectivity index is 2.71. The van der Waals surface area contributed by atoms with Gasteiger partial charge in [0, 0.05) is 26.2 Å². The third-order valence-corrected chi connectivity index (χ3v) is 3.42. The van der Waals surface area contributed by atoms with Gasteiger partial charge >= 0.3 is 0 Å². The smallest absolute Gasteiger partial charge is 0.175 e. The van der Waals surface area contributed by atoms with Gasteiger partial charge in [0.25, 0.3) is 0 Å². The molecule has 0 heterocycles. The Morgan fingerprint density at radius 3 is 2.52 bits per heavy atom. The van der Waals surface area contributed by atoms with Gasteiger partial charge in [-0.3, -0.25) is 0 Å². The Hall–Kier alpha value is -0.780. The molecule has 120 valence electrons. The summed E-state index contributed by atoms with van der Waals surface area (Å²) < 4.78 is 17.8. The molecule has 0 bridgehead atoms. The SMILES string of the molecule is CCNCc1cc(Br)c(OCCCOCC)c(OCC)c1. The molecule has 0 atom stereocenters. The quantitative estimate of drug-likeness (QED) is 0.610. The Labute approximate surface area is 136 Å². The van der Waals surface area contributed by atoms with Gasteiger partial charge in [0.2, 0.25) is 0 Å². The molecule has 0 fully saturated rings. The summed E-state index contributed by atoms with van der Waals surface area (Å²) in [6.07, 6.45) is 0.866. The molecule has 0 radical (unpaired) electrons. The second kappa shape index (κ2) is 10.9. The number of halogens is 1. The van der Waals surface area contributed by atoms with E-state index in [-0.39, 0.29) is 0 Å². The molecule has 1 rings (SSSR count). The molecular weight excluding hydrogens is 334 g/mol. The highest BCUT2D eigenvalue weighted by molar-refractivity contribution is 9.10. The van der Waals surface area contributed by atoms with Crippen LogP contribution in [0.2, 0.25) is 0 Å². The van der Waals surface area contributed by atoms with Gasteiger partial charge in [-0.05, 0) is 54.0 Å². The van der Waals surface area contributed by atoms with Gasteiger partial charge in [-0.2, -0.15) is 0 Å². The summed E-state index contributed by atoms with van der Waals surface area (Å²) in [5.74, 6) is 1.56. The van der Waals surface area contributed by atoms with E-state index in [9.17, 15) is 0 Å². The van der Waals surface area contributed by atoms with Crippen molar-refractivity contribution < 1.29 is 14.2 Å². The van der Waals surface area contributed by atoms with Crippen molar-refractivity contribution in [2.24, 2.45) is 0 Å². The number of hydrogen-bond donors (Lipinski definition) is 1. The first-order chi connectivity index (χ1) is 10.2. The van der Waals surface area contributed by atoms with Gasteiger partial charge in [0.05, 0.1) is 17.7 Å². The fourth-order valence-electron chi connectivity index (χ4n) is 1.88. The molecule has 1 aromatic carbocycles. The summed E-state index contributed by atoms with van der Waals surface area (Å²) >= 11 is 3.58. The zero-order chi connectivity index (χ0) is 15.5. The standard InChI is InChI=1S/C16H26BrNO3/c1-4-18-12-13-10-14(17)16(15(11-13)20-6-3)21-9-7-8-19-5-2/h10-11,18H,4-9,12H2,1-3H3. The molecule has 0 aromatic heterocycles. The van der Waals surface area contributed by atoms with Crippen LogP contribution in [0.25, 0.3) is 0 Å². The van der Waals surface area contributed by atoms with E-state index in [1.165, 1.54) is 5.56 Å². The second-order valence-corrected chi connectivity index (χ2v) is 5.37. The van der Waals surface area contributed by atoms with E-state index in [0.29, 0.717) is 13.2 Å². The third kappa shape index (κ3) is 6.68. The predicted molar refractivity (Wildman–Crippen MR) is 89.3 cm³/mol. The lowest BCUT2D eigenvalue weighted by Crippen LogP contribution is -2.12. The van der Waals surface area contributed by atoms with Crippen LogP contribution in [0.1, 0.15) is 32.8 Å². The molecule has 0 spiro atoms. The van der Waals surface area contributed by atoms with E-state index in [0.717, 1.165) is 48.7 Å². The van der Waals surface area contributed by atoms with E-state index in [1.807, 2.05) is 19.9 Å². The molecule has 0 unspecified atom stereocenters. The van der Waals surface area contributed by atoms with Crippen LogP contribution in [-0.2, 0) is 11.3 Å². The van der Waals surface area contributed by atoms with Crippen LogP contribution >= 0.6 is 15.9 Å². The van der Waals surface area contributed by atoms with Crippen molar-refractivity contribution in [3.05, 3.63) is 22.2 Å². The van der Waals surface area contributed by atoms with Crippen molar-refractivity contribution in [1.29, 1.82) is 0 Å². The van der Waals surface area contributed by atoms with Gasteiger partial charge < -0.3 is 19.5 Å². The maximum absolute atomic E-state index is 5.85. The van der Waals surface area contributed by atoms with Crippen molar-refractivity contribution in [2.45, 2.75) is 33.7 Å².